The molecule has 0 saturated heterocycles. The number of hydrogen-bond acceptors (Lipinski definition) is 0. The van der Waals surface area contributed by atoms with Crippen LogP contribution in [0.1, 0.15) is 84.5 Å². The molecule has 4 fully saturated rings. The van der Waals surface area contributed by atoms with Gasteiger partial charge in [-0.3, -0.25) is 0 Å². The van der Waals surface area contributed by atoms with E-state index in [1.54, 1.807) is 0 Å². The molecule has 4 aliphatic carbocycles. The fourth-order valence-corrected chi connectivity index (χ4v) is 7.16. The molecular weight excluding hydrogens is 247 g/mol. The standard InChI is InChI=1S/C19H31F/c1-17-10-5-7-15(17)16-9-8-14-6-3-4-11-18(14,2)19(16,20)13-12-17/h14-16H,3-13H2,1-2H3/t14-,15+,16+,17+,18+,19-/m1/s1. The summed E-state index contributed by atoms with van der Waals surface area (Å²) in [5, 5.41) is 0. The van der Waals surface area contributed by atoms with Gasteiger partial charge in [0.25, 0.3) is 0 Å². The summed E-state index contributed by atoms with van der Waals surface area (Å²) in [6.07, 6.45) is 13.7. The molecule has 4 aliphatic rings. The number of hydrogen-bond donors (Lipinski definition) is 0. The largest absolute Gasteiger partial charge is 0.243 e. The number of rotatable bonds is 0. The van der Waals surface area contributed by atoms with Crippen LogP contribution in [0.5, 0.6) is 0 Å². The second-order valence-electron chi connectivity index (χ2n) is 9.06. The monoisotopic (exact) mass is 278 g/mol. The van der Waals surface area contributed by atoms with E-state index in [0.29, 0.717) is 23.2 Å². The lowest BCUT2D eigenvalue weighted by Crippen LogP contribution is -2.62. The van der Waals surface area contributed by atoms with Crippen LogP contribution in [0.3, 0.4) is 0 Å². The van der Waals surface area contributed by atoms with Crippen molar-refractivity contribution in [2.75, 3.05) is 0 Å². The van der Waals surface area contributed by atoms with Crippen molar-refractivity contribution in [3.63, 3.8) is 0 Å². The van der Waals surface area contributed by atoms with Gasteiger partial charge in [-0.05, 0) is 74.5 Å². The van der Waals surface area contributed by atoms with Gasteiger partial charge in [0.2, 0.25) is 0 Å². The van der Waals surface area contributed by atoms with Crippen molar-refractivity contribution in [3.05, 3.63) is 0 Å². The lowest BCUT2D eigenvalue weighted by atomic mass is 9.44. The summed E-state index contributed by atoms with van der Waals surface area (Å²) in [7, 11) is 0. The Bertz CT molecular complexity index is 405. The average molecular weight is 278 g/mol. The molecule has 6 atom stereocenters. The zero-order valence-electron chi connectivity index (χ0n) is 13.4. The van der Waals surface area contributed by atoms with Crippen molar-refractivity contribution >= 4 is 0 Å². The van der Waals surface area contributed by atoms with Crippen LogP contribution in [-0.2, 0) is 0 Å². The van der Waals surface area contributed by atoms with E-state index >= 15 is 4.39 Å². The molecule has 0 amide bonds. The van der Waals surface area contributed by atoms with Gasteiger partial charge in [0.15, 0.2) is 0 Å². The van der Waals surface area contributed by atoms with Crippen molar-refractivity contribution in [2.24, 2.45) is 28.6 Å². The highest BCUT2D eigenvalue weighted by molar-refractivity contribution is 5.15. The third-order valence-electron chi connectivity index (χ3n) is 8.47. The number of fused-ring (bicyclic) bond motifs is 5. The Labute approximate surface area is 123 Å². The molecule has 114 valence electrons. The highest BCUT2D eigenvalue weighted by Gasteiger charge is 2.66. The van der Waals surface area contributed by atoms with Crippen LogP contribution in [0.4, 0.5) is 4.39 Å². The molecule has 1 heteroatoms. The molecule has 0 radical (unpaired) electrons. The van der Waals surface area contributed by atoms with Crippen LogP contribution < -0.4 is 0 Å². The van der Waals surface area contributed by atoms with E-state index in [2.05, 4.69) is 13.8 Å². The maximum absolute atomic E-state index is 16.3. The fraction of sp³-hybridized carbons (Fsp3) is 1.00. The van der Waals surface area contributed by atoms with Gasteiger partial charge in [-0.15, -0.1) is 0 Å². The van der Waals surface area contributed by atoms with Gasteiger partial charge < -0.3 is 0 Å². The van der Waals surface area contributed by atoms with E-state index < -0.39 is 5.67 Å². The van der Waals surface area contributed by atoms with E-state index in [9.17, 15) is 0 Å². The second-order valence-corrected chi connectivity index (χ2v) is 9.06. The van der Waals surface area contributed by atoms with Crippen molar-refractivity contribution in [1.29, 1.82) is 0 Å². The second kappa shape index (κ2) is 4.23. The van der Waals surface area contributed by atoms with Crippen molar-refractivity contribution < 1.29 is 4.39 Å². The topological polar surface area (TPSA) is 0 Å². The molecule has 4 saturated carbocycles. The zero-order chi connectivity index (χ0) is 14.0. The Morgan fingerprint density at radius 2 is 1.60 bits per heavy atom. The van der Waals surface area contributed by atoms with Crippen LogP contribution >= 0.6 is 0 Å². The van der Waals surface area contributed by atoms with Crippen molar-refractivity contribution in [3.8, 4) is 0 Å². The summed E-state index contributed by atoms with van der Waals surface area (Å²) in [5.74, 6) is 1.77. The summed E-state index contributed by atoms with van der Waals surface area (Å²) >= 11 is 0. The van der Waals surface area contributed by atoms with Crippen molar-refractivity contribution in [1.82, 2.24) is 0 Å². The molecule has 0 aliphatic heterocycles. The Hall–Kier alpha value is -0.0700. The molecule has 0 spiro atoms. The van der Waals surface area contributed by atoms with E-state index in [1.807, 2.05) is 0 Å². The molecule has 0 nitrogen and oxygen atoms in total. The minimum absolute atomic E-state index is 0.0120. The summed E-state index contributed by atoms with van der Waals surface area (Å²) in [5.41, 5.74) is -0.332. The van der Waals surface area contributed by atoms with E-state index in [4.69, 9.17) is 0 Å². The molecular formula is C19H31F. The average Bonchev–Trinajstić information content (AvgIpc) is 2.81. The Morgan fingerprint density at radius 1 is 0.750 bits per heavy atom. The Kier molecular flexibility index (Phi) is 2.87. The first-order chi connectivity index (χ1) is 9.50. The van der Waals surface area contributed by atoms with Gasteiger partial charge in [-0.25, -0.2) is 4.39 Å². The third-order valence-corrected chi connectivity index (χ3v) is 8.47. The van der Waals surface area contributed by atoms with E-state index in [1.165, 1.54) is 51.4 Å². The minimum Gasteiger partial charge on any atom is -0.243 e. The molecule has 4 rings (SSSR count). The maximum atomic E-state index is 16.3. The summed E-state index contributed by atoms with van der Waals surface area (Å²) in [6, 6.07) is 0. The summed E-state index contributed by atoms with van der Waals surface area (Å²) < 4.78 is 16.3. The van der Waals surface area contributed by atoms with E-state index in [-0.39, 0.29) is 5.41 Å². The normalized spacial score (nSPS) is 58.6. The van der Waals surface area contributed by atoms with Crippen LogP contribution in [0.25, 0.3) is 0 Å². The quantitative estimate of drug-likeness (QED) is 0.517. The first-order valence-corrected chi connectivity index (χ1v) is 9.19. The van der Waals surface area contributed by atoms with Crippen LogP contribution in [-0.4, -0.2) is 5.67 Å². The van der Waals surface area contributed by atoms with Gasteiger partial charge in [-0.1, -0.05) is 33.1 Å². The predicted octanol–water partition coefficient (Wildman–Crippen LogP) is 5.90. The van der Waals surface area contributed by atoms with Crippen LogP contribution in [0, 0.1) is 28.6 Å². The predicted molar refractivity (Wildman–Crippen MR) is 81.3 cm³/mol. The van der Waals surface area contributed by atoms with Gasteiger partial charge >= 0.3 is 0 Å². The summed E-state index contributed by atoms with van der Waals surface area (Å²) in [4.78, 5) is 0. The SMILES string of the molecule is C[C@@]12CCC[C@H]1[C@@H]1CC[C@H]3CCCC[C@]3(C)[C@@]1(F)CC2. The molecule has 0 bridgehead atoms. The molecule has 0 N–H and O–H groups in total. The maximum Gasteiger partial charge on any atom is 0.119 e. The minimum atomic E-state index is -0.829. The lowest BCUT2D eigenvalue weighted by Gasteiger charge is -2.63. The van der Waals surface area contributed by atoms with Gasteiger partial charge in [0, 0.05) is 5.41 Å². The molecule has 0 heterocycles. The molecule has 20 heavy (non-hydrogen) atoms. The Morgan fingerprint density at radius 3 is 2.45 bits per heavy atom. The molecule has 0 aromatic rings. The van der Waals surface area contributed by atoms with Gasteiger partial charge in [-0.2, -0.15) is 0 Å². The molecule has 0 unspecified atom stereocenters. The first-order valence-electron chi connectivity index (χ1n) is 9.19. The van der Waals surface area contributed by atoms with Crippen molar-refractivity contribution in [2.45, 2.75) is 90.1 Å². The number of halogens is 1. The third kappa shape index (κ3) is 1.53. The lowest BCUT2D eigenvalue weighted by molar-refractivity contribution is -0.189. The summed E-state index contributed by atoms with van der Waals surface area (Å²) in [6.45, 7) is 4.81. The highest BCUT2D eigenvalue weighted by Crippen LogP contribution is 2.69. The molecule has 0 aromatic heterocycles. The smallest absolute Gasteiger partial charge is 0.119 e. The molecule has 0 aromatic carbocycles. The highest BCUT2D eigenvalue weighted by atomic mass is 19.1. The van der Waals surface area contributed by atoms with Gasteiger partial charge in [0.1, 0.15) is 5.67 Å². The zero-order valence-corrected chi connectivity index (χ0v) is 13.4. The Balaban J connectivity index is 1.72. The first kappa shape index (κ1) is 13.6. The van der Waals surface area contributed by atoms with Crippen LogP contribution in [0.15, 0.2) is 0 Å². The fourth-order valence-electron chi connectivity index (χ4n) is 7.16. The van der Waals surface area contributed by atoms with Crippen LogP contribution in [0.2, 0.25) is 0 Å². The van der Waals surface area contributed by atoms with E-state index in [0.717, 1.165) is 19.3 Å². The van der Waals surface area contributed by atoms with Gasteiger partial charge in [0.05, 0.1) is 0 Å². The number of alkyl halides is 1.